The Labute approximate surface area is 231 Å². The van der Waals surface area contributed by atoms with Crippen LogP contribution in [-0.4, -0.2) is 52.1 Å². The first-order valence-corrected chi connectivity index (χ1v) is 13.7. The van der Waals surface area contributed by atoms with Gasteiger partial charge in [0.05, 0.1) is 25.4 Å². The maximum absolute atomic E-state index is 12.0. The number of aromatic nitrogens is 2. The van der Waals surface area contributed by atoms with Crippen LogP contribution in [0.4, 0.5) is 4.79 Å². The average molecular weight is 553 g/mol. The number of esters is 1. The number of carbonyl (C=O) groups excluding carboxylic acids is 2. The third kappa shape index (κ3) is 8.75. The molecule has 2 heterocycles. The van der Waals surface area contributed by atoms with E-state index in [4.69, 9.17) is 14.2 Å². The monoisotopic (exact) mass is 552 g/mol. The summed E-state index contributed by atoms with van der Waals surface area (Å²) in [6.45, 7) is 2.06. The van der Waals surface area contributed by atoms with Gasteiger partial charge in [-0.1, -0.05) is 60.3 Å². The molecule has 1 fully saturated rings. The van der Waals surface area contributed by atoms with E-state index in [2.05, 4.69) is 20.6 Å². The van der Waals surface area contributed by atoms with Crippen molar-refractivity contribution in [1.29, 1.82) is 0 Å². The van der Waals surface area contributed by atoms with Crippen molar-refractivity contribution >= 4 is 23.8 Å². The zero-order valence-corrected chi connectivity index (χ0v) is 22.4. The van der Waals surface area contributed by atoms with Gasteiger partial charge in [-0.15, -0.1) is 0 Å². The van der Waals surface area contributed by atoms with Gasteiger partial charge in [-0.3, -0.25) is 4.79 Å². The zero-order chi connectivity index (χ0) is 27.5. The van der Waals surface area contributed by atoms with Gasteiger partial charge in [-0.2, -0.15) is 0 Å². The highest BCUT2D eigenvalue weighted by atomic mass is 32.2. The van der Waals surface area contributed by atoms with Gasteiger partial charge < -0.3 is 30.0 Å². The van der Waals surface area contributed by atoms with Crippen LogP contribution in [-0.2, 0) is 32.2 Å². The van der Waals surface area contributed by atoms with Crippen LogP contribution in [0.1, 0.15) is 48.0 Å². The maximum Gasteiger partial charge on any atom is 0.325 e. The van der Waals surface area contributed by atoms with E-state index >= 15 is 0 Å². The molecule has 3 N–H and O–H groups in total. The van der Waals surface area contributed by atoms with Crippen molar-refractivity contribution in [3.63, 3.8) is 0 Å². The third-order valence-corrected chi connectivity index (χ3v) is 6.97. The van der Waals surface area contributed by atoms with Crippen molar-refractivity contribution < 1.29 is 28.9 Å². The number of nitrogens with one attached hydrogen (secondary N) is 2. The van der Waals surface area contributed by atoms with Crippen molar-refractivity contribution in [2.45, 2.75) is 50.2 Å². The van der Waals surface area contributed by atoms with E-state index in [1.54, 1.807) is 25.4 Å². The van der Waals surface area contributed by atoms with Crippen molar-refractivity contribution in [2.24, 2.45) is 0 Å². The zero-order valence-electron chi connectivity index (χ0n) is 21.6. The molecule has 3 aromatic rings. The number of rotatable bonds is 11. The number of benzene rings is 2. The smallest absolute Gasteiger partial charge is 0.325 e. The fraction of sp³-hybridized carbons (Fsp3) is 0.357. The molecule has 4 rings (SSSR count). The second kappa shape index (κ2) is 14.6. The van der Waals surface area contributed by atoms with Crippen LogP contribution in [0.3, 0.4) is 0 Å². The summed E-state index contributed by atoms with van der Waals surface area (Å²) in [7, 11) is 0. The third-order valence-electron chi connectivity index (χ3n) is 5.96. The molecule has 1 aromatic heterocycles. The Balaban J connectivity index is 1.39. The molecule has 2 amide bonds. The summed E-state index contributed by atoms with van der Waals surface area (Å²) in [4.78, 5) is 31.9. The Bertz CT molecular complexity index is 1200. The standard InChI is InChI=1S/C28H32N4O6S/c1-2-36-25(34)16-32-27(35)31-15-19-4-10-22(11-5-19)26-37-23(18-39-28-29-12-3-13-30-28)14-24(38-26)21-8-6-20(17-33)7-9-21/h3-13,23-24,26,33H,2,14-18H2,1H3,(H2,31,32,35)/t23-,24+,26+/m1/s1. The quantitative estimate of drug-likeness (QED) is 0.185. The number of nitrogens with zero attached hydrogens (tertiary/aromatic N) is 2. The minimum absolute atomic E-state index is 0.0118. The molecular weight excluding hydrogens is 520 g/mol. The average Bonchev–Trinajstić information content (AvgIpc) is 2.99. The molecule has 2 aromatic carbocycles. The molecule has 206 valence electrons. The van der Waals surface area contributed by atoms with E-state index < -0.39 is 18.3 Å². The van der Waals surface area contributed by atoms with Crippen LogP contribution in [0.15, 0.2) is 72.1 Å². The number of urea groups is 1. The predicted molar refractivity (Wildman–Crippen MR) is 144 cm³/mol. The molecule has 0 spiro atoms. The van der Waals surface area contributed by atoms with Gasteiger partial charge >= 0.3 is 12.0 Å². The Hall–Kier alpha value is -3.51. The number of hydrogen-bond acceptors (Lipinski definition) is 9. The highest BCUT2D eigenvalue weighted by Gasteiger charge is 2.32. The van der Waals surface area contributed by atoms with Crippen LogP contribution < -0.4 is 10.6 Å². The first-order chi connectivity index (χ1) is 19.0. The molecule has 11 heteroatoms. The summed E-state index contributed by atoms with van der Waals surface area (Å²) in [6, 6.07) is 16.7. The first kappa shape index (κ1) is 28.5. The molecule has 1 aliphatic rings. The second-order valence-electron chi connectivity index (χ2n) is 8.78. The lowest BCUT2D eigenvalue weighted by atomic mass is 10.0. The molecule has 1 saturated heterocycles. The van der Waals surface area contributed by atoms with Gasteiger partial charge in [0.15, 0.2) is 11.4 Å². The number of aliphatic hydroxyl groups excluding tert-OH is 1. The lowest BCUT2D eigenvalue weighted by Gasteiger charge is -2.36. The van der Waals surface area contributed by atoms with E-state index in [0.29, 0.717) is 17.3 Å². The summed E-state index contributed by atoms with van der Waals surface area (Å²) in [6.07, 6.45) is 3.22. The highest BCUT2D eigenvalue weighted by molar-refractivity contribution is 7.99. The second-order valence-corrected chi connectivity index (χ2v) is 9.76. The maximum atomic E-state index is 12.0. The summed E-state index contributed by atoms with van der Waals surface area (Å²) in [5.41, 5.74) is 3.59. The van der Waals surface area contributed by atoms with Gasteiger partial charge in [0, 0.05) is 36.7 Å². The molecule has 39 heavy (non-hydrogen) atoms. The minimum atomic E-state index is -0.585. The van der Waals surface area contributed by atoms with Crippen LogP contribution in [0, 0.1) is 0 Å². The van der Waals surface area contributed by atoms with E-state index in [1.807, 2.05) is 48.5 Å². The number of hydrogen-bond donors (Lipinski definition) is 3. The fourth-order valence-electron chi connectivity index (χ4n) is 3.95. The van der Waals surface area contributed by atoms with Crippen molar-refractivity contribution in [3.8, 4) is 0 Å². The Kier molecular flexibility index (Phi) is 10.7. The van der Waals surface area contributed by atoms with Crippen LogP contribution in [0.5, 0.6) is 0 Å². The van der Waals surface area contributed by atoms with Crippen molar-refractivity contribution in [2.75, 3.05) is 18.9 Å². The molecule has 0 aliphatic carbocycles. The molecule has 3 atom stereocenters. The molecule has 10 nitrogen and oxygen atoms in total. The number of aliphatic hydroxyl groups is 1. The Morgan fingerprint density at radius 2 is 1.69 bits per heavy atom. The minimum Gasteiger partial charge on any atom is -0.465 e. The van der Waals surface area contributed by atoms with Crippen LogP contribution in [0.25, 0.3) is 0 Å². The van der Waals surface area contributed by atoms with E-state index in [0.717, 1.165) is 22.3 Å². The topological polar surface area (TPSA) is 132 Å². The lowest BCUT2D eigenvalue weighted by molar-refractivity contribution is -0.245. The first-order valence-electron chi connectivity index (χ1n) is 12.7. The molecule has 0 saturated carbocycles. The number of thioether (sulfide) groups is 1. The van der Waals surface area contributed by atoms with Gasteiger partial charge in [-0.05, 0) is 29.7 Å². The molecule has 0 radical (unpaired) electrons. The van der Waals surface area contributed by atoms with Crippen molar-refractivity contribution in [3.05, 3.63) is 89.2 Å². The molecule has 0 bridgehead atoms. The Morgan fingerprint density at radius 1 is 1.00 bits per heavy atom. The number of amides is 2. The van der Waals surface area contributed by atoms with E-state index in [9.17, 15) is 14.7 Å². The highest BCUT2D eigenvalue weighted by Crippen LogP contribution is 2.39. The predicted octanol–water partition coefficient (Wildman–Crippen LogP) is 3.67. The Morgan fingerprint density at radius 3 is 2.38 bits per heavy atom. The van der Waals surface area contributed by atoms with E-state index in [-0.39, 0.29) is 38.5 Å². The number of ether oxygens (including phenoxy) is 3. The van der Waals surface area contributed by atoms with Gasteiger partial charge in [-0.25, -0.2) is 14.8 Å². The summed E-state index contributed by atoms with van der Waals surface area (Å²) < 4.78 is 17.5. The normalized spacial score (nSPS) is 18.8. The van der Waals surface area contributed by atoms with Crippen LogP contribution >= 0.6 is 11.8 Å². The summed E-state index contributed by atoms with van der Waals surface area (Å²) in [5.74, 6) is 0.179. The van der Waals surface area contributed by atoms with E-state index in [1.165, 1.54) is 11.8 Å². The molecule has 0 unspecified atom stereocenters. The SMILES string of the molecule is CCOC(=O)CNC(=O)NCc1ccc([C@H]2O[C@@H](CSc3ncccn3)C[C@@H](c3ccc(CO)cc3)O2)cc1. The lowest BCUT2D eigenvalue weighted by Crippen LogP contribution is -2.38. The van der Waals surface area contributed by atoms with Gasteiger partial charge in [0.2, 0.25) is 0 Å². The number of carbonyl (C=O) groups is 2. The van der Waals surface area contributed by atoms with Gasteiger partial charge in [0.25, 0.3) is 0 Å². The summed E-state index contributed by atoms with van der Waals surface area (Å²) in [5, 5.41) is 15.3. The summed E-state index contributed by atoms with van der Waals surface area (Å²) >= 11 is 1.54. The molecule has 1 aliphatic heterocycles. The van der Waals surface area contributed by atoms with Gasteiger partial charge in [0.1, 0.15) is 6.54 Å². The molecular formula is C28H32N4O6S. The fourth-order valence-corrected chi connectivity index (χ4v) is 4.77. The van der Waals surface area contributed by atoms with Crippen molar-refractivity contribution in [1.82, 2.24) is 20.6 Å². The van der Waals surface area contributed by atoms with Crippen LogP contribution in [0.2, 0.25) is 0 Å². The largest absolute Gasteiger partial charge is 0.465 e.